The van der Waals surface area contributed by atoms with E-state index in [1.165, 1.54) is 13.8 Å². The number of carbonyl (C=O) groups is 2. The van der Waals surface area contributed by atoms with E-state index in [9.17, 15) is 22.8 Å². The smallest absolute Gasteiger partial charge is 0.416 e. The Kier molecular flexibility index (Phi) is 6.07. The summed E-state index contributed by atoms with van der Waals surface area (Å²) in [5.41, 5.74) is -0.571. The molecule has 2 aromatic rings. The monoisotopic (exact) mass is 429 g/mol. The van der Waals surface area contributed by atoms with Crippen molar-refractivity contribution in [1.82, 2.24) is 0 Å². The van der Waals surface area contributed by atoms with E-state index in [1.54, 1.807) is 24.3 Å². The van der Waals surface area contributed by atoms with Crippen molar-refractivity contribution >= 4 is 33.5 Å². The Morgan fingerprint density at radius 3 is 2.27 bits per heavy atom. The van der Waals surface area contributed by atoms with Crippen LogP contribution in [0.25, 0.3) is 0 Å². The number of hydrogen-bond acceptors (Lipinski definition) is 3. The van der Waals surface area contributed by atoms with Gasteiger partial charge in [0.25, 0.3) is 5.91 Å². The third kappa shape index (κ3) is 5.08. The summed E-state index contributed by atoms with van der Waals surface area (Å²) in [6, 6.07) is 9.33. The molecular weight excluding hydrogens is 415 g/mol. The fraction of sp³-hybridized carbons (Fsp3) is 0.222. The Bertz CT molecular complexity index is 819. The molecular formula is C18H15BrF3NO3. The molecule has 0 aliphatic heterocycles. The lowest BCUT2D eigenvalue weighted by Crippen LogP contribution is -2.18. The molecule has 0 bridgehead atoms. The molecule has 0 unspecified atom stereocenters. The van der Waals surface area contributed by atoms with Gasteiger partial charge in [0.2, 0.25) is 0 Å². The Hall–Kier alpha value is -2.35. The molecule has 1 amide bonds. The number of anilines is 1. The summed E-state index contributed by atoms with van der Waals surface area (Å²) in [6.45, 7) is 2.67. The molecule has 1 atom stereocenters. The highest BCUT2D eigenvalue weighted by molar-refractivity contribution is 9.10. The highest BCUT2D eigenvalue weighted by Crippen LogP contribution is 2.33. The molecule has 2 aromatic carbocycles. The zero-order valence-corrected chi connectivity index (χ0v) is 15.4. The molecule has 1 N–H and O–H groups in total. The van der Waals surface area contributed by atoms with Gasteiger partial charge < -0.3 is 10.1 Å². The molecule has 4 nitrogen and oxygen atoms in total. The number of halogens is 4. The standard InChI is InChI=1S/C18H15BrF3NO3/c1-10(26-11(2)24)15-8-3-12(18(20,21)22)9-16(15)17(25)23-14-6-4-13(19)5-7-14/h3-10H,1-2H3,(H,23,25)/t10-/m0/s1. The number of nitrogens with one attached hydrogen (secondary N) is 1. The number of ether oxygens (including phenoxy) is 1. The van der Waals surface area contributed by atoms with E-state index in [0.717, 1.165) is 22.7 Å². The van der Waals surface area contributed by atoms with Crippen molar-refractivity contribution in [2.24, 2.45) is 0 Å². The van der Waals surface area contributed by atoms with Crippen LogP contribution in [-0.2, 0) is 15.7 Å². The first kappa shape index (κ1) is 20.0. The summed E-state index contributed by atoms with van der Waals surface area (Å²) in [6.07, 6.45) is -5.48. The van der Waals surface area contributed by atoms with Gasteiger partial charge in [-0.05, 0) is 43.3 Å². The second-order valence-corrected chi connectivity index (χ2v) is 6.43. The van der Waals surface area contributed by atoms with Crippen molar-refractivity contribution in [1.29, 1.82) is 0 Å². The highest BCUT2D eigenvalue weighted by Gasteiger charge is 2.32. The minimum Gasteiger partial charge on any atom is -0.458 e. The first-order valence-corrected chi connectivity index (χ1v) is 8.32. The van der Waals surface area contributed by atoms with Gasteiger partial charge in [-0.2, -0.15) is 13.2 Å². The van der Waals surface area contributed by atoms with Gasteiger partial charge in [-0.25, -0.2) is 0 Å². The highest BCUT2D eigenvalue weighted by atomic mass is 79.9. The lowest BCUT2D eigenvalue weighted by atomic mass is 9.99. The van der Waals surface area contributed by atoms with E-state index in [-0.39, 0.29) is 11.1 Å². The number of hydrogen-bond donors (Lipinski definition) is 1. The molecule has 0 spiro atoms. The normalized spacial score (nSPS) is 12.4. The number of carbonyl (C=O) groups excluding carboxylic acids is 2. The SMILES string of the molecule is CC(=O)O[C@@H](C)c1ccc(C(F)(F)F)cc1C(=O)Nc1ccc(Br)cc1. The number of alkyl halides is 3. The summed E-state index contributed by atoms with van der Waals surface area (Å²) >= 11 is 3.26. The Morgan fingerprint density at radius 1 is 1.12 bits per heavy atom. The van der Waals surface area contributed by atoms with Gasteiger partial charge in [0.1, 0.15) is 6.10 Å². The third-order valence-electron chi connectivity index (χ3n) is 3.51. The van der Waals surface area contributed by atoms with Crippen LogP contribution in [0.5, 0.6) is 0 Å². The zero-order valence-electron chi connectivity index (χ0n) is 13.9. The van der Waals surface area contributed by atoms with Crippen LogP contribution in [0.1, 0.15) is 41.4 Å². The van der Waals surface area contributed by atoms with Crippen LogP contribution in [0.4, 0.5) is 18.9 Å². The molecule has 0 saturated heterocycles. The van der Waals surface area contributed by atoms with Gasteiger partial charge in [0.05, 0.1) is 5.56 Å². The van der Waals surface area contributed by atoms with E-state index < -0.39 is 29.7 Å². The van der Waals surface area contributed by atoms with E-state index in [1.807, 2.05) is 0 Å². The predicted molar refractivity (Wildman–Crippen MR) is 93.7 cm³/mol. The van der Waals surface area contributed by atoms with Crippen molar-refractivity contribution < 1.29 is 27.5 Å². The Balaban J connectivity index is 2.42. The molecule has 0 aromatic heterocycles. The number of esters is 1. The second-order valence-electron chi connectivity index (χ2n) is 5.51. The largest absolute Gasteiger partial charge is 0.458 e. The van der Waals surface area contributed by atoms with Gasteiger partial charge >= 0.3 is 12.1 Å². The van der Waals surface area contributed by atoms with Crippen molar-refractivity contribution in [3.05, 3.63) is 63.6 Å². The average molecular weight is 430 g/mol. The Morgan fingerprint density at radius 2 is 1.73 bits per heavy atom. The van der Waals surface area contributed by atoms with Crippen LogP contribution in [0.15, 0.2) is 46.9 Å². The van der Waals surface area contributed by atoms with Gasteiger partial charge in [0, 0.05) is 28.2 Å². The molecule has 0 fully saturated rings. The summed E-state index contributed by atoms with van der Waals surface area (Å²) in [4.78, 5) is 23.7. The maximum absolute atomic E-state index is 13.0. The molecule has 2 rings (SSSR count). The van der Waals surface area contributed by atoms with E-state index in [0.29, 0.717) is 5.69 Å². The summed E-state index contributed by atoms with van der Waals surface area (Å²) in [7, 11) is 0. The average Bonchev–Trinajstić information content (AvgIpc) is 2.55. The molecule has 8 heteroatoms. The molecule has 138 valence electrons. The molecule has 0 aliphatic carbocycles. The zero-order chi connectivity index (χ0) is 19.5. The van der Waals surface area contributed by atoms with Crippen LogP contribution in [-0.4, -0.2) is 11.9 Å². The van der Waals surface area contributed by atoms with Gasteiger partial charge in [-0.1, -0.05) is 22.0 Å². The summed E-state index contributed by atoms with van der Waals surface area (Å²) < 4.78 is 44.9. The minimum absolute atomic E-state index is 0.183. The Labute approximate surface area is 156 Å². The van der Waals surface area contributed by atoms with Crippen molar-refractivity contribution in [2.45, 2.75) is 26.1 Å². The van der Waals surface area contributed by atoms with Gasteiger partial charge in [0.15, 0.2) is 0 Å². The minimum atomic E-state index is -4.60. The lowest BCUT2D eigenvalue weighted by molar-refractivity contribution is -0.146. The fourth-order valence-electron chi connectivity index (χ4n) is 2.33. The van der Waals surface area contributed by atoms with Crippen LogP contribution in [0, 0.1) is 0 Å². The molecule has 0 radical (unpaired) electrons. The maximum atomic E-state index is 13.0. The van der Waals surface area contributed by atoms with Crippen molar-refractivity contribution in [3.8, 4) is 0 Å². The van der Waals surface area contributed by atoms with Crippen LogP contribution < -0.4 is 5.32 Å². The molecule has 26 heavy (non-hydrogen) atoms. The van der Waals surface area contributed by atoms with Gasteiger partial charge in [-0.3, -0.25) is 9.59 Å². The topological polar surface area (TPSA) is 55.4 Å². The second kappa shape index (κ2) is 7.90. The van der Waals surface area contributed by atoms with Crippen molar-refractivity contribution in [2.75, 3.05) is 5.32 Å². The first-order valence-electron chi connectivity index (χ1n) is 7.53. The number of benzene rings is 2. The predicted octanol–water partition coefficient (Wildman–Crippen LogP) is 5.34. The van der Waals surface area contributed by atoms with Crippen LogP contribution >= 0.6 is 15.9 Å². The molecule has 0 aliphatic rings. The van der Waals surface area contributed by atoms with E-state index >= 15 is 0 Å². The summed E-state index contributed by atoms with van der Waals surface area (Å²) in [5.74, 6) is -1.33. The van der Waals surface area contributed by atoms with Crippen LogP contribution in [0.2, 0.25) is 0 Å². The maximum Gasteiger partial charge on any atom is 0.416 e. The summed E-state index contributed by atoms with van der Waals surface area (Å²) in [5, 5.41) is 2.55. The third-order valence-corrected chi connectivity index (χ3v) is 4.04. The molecule has 0 saturated carbocycles. The lowest BCUT2D eigenvalue weighted by Gasteiger charge is -2.18. The first-order chi connectivity index (χ1) is 12.1. The molecule has 0 heterocycles. The quantitative estimate of drug-likeness (QED) is 0.666. The number of rotatable bonds is 4. The fourth-order valence-corrected chi connectivity index (χ4v) is 2.59. The van der Waals surface area contributed by atoms with Crippen LogP contribution in [0.3, 0.4) is 0 Å². The number of amides is 1. The van der Waals surface area contributed by atoms with Crippen molar-refractivity contribution in [3.63, 3.8) is 0 Å². The van der Waals surface area contributed by atoms with E-state index in [2.05, 4.69) is 21.2 Å². The van der Waals surface area contributed by atoms with Gasteiger partial charge in [-0.15, -0.1) is 0 Å². The van der Waals surface area contributed by atoms with E-state index in [4.69, 9.17) is 4.74 Å².